The van der Waals surface area contributed by atoms with Gasteiger partial charge in [0.25, 0.3) is 0 Å². The van der Waals surface area contributed by atoms with Gasteiger partial charge in [-0.05, 0) is 12.8 Å². The molecule has 4 heteroatoms. The van der Waals surface area contributed by atoms with Gasteiger partial charge in [-0.3, -0.25) is 4.98 Å². The molecule has 2 rings (SSSR count). The van der Waals surface area contributed by atoms with Gasteiger partial charge in [-0.25, -0.2) is 4.98 Å². The van der Waals surface area contributed by atoms with E-state index < -0.39 is 0 Å². The van der Waals surface area contributed by atoms with E-state index in [-0.39, 0.29) is 0 Å². The Balaban J connectivity index is 2.02. The minimum atomic E-state index is 0.485. The lowest BCUT2D eigenvalue weighted by atomic mass is 10.0. The highest BCUT2D eigenvalue weighted by Gasteiger charge is 2.19. The van der Waals surface area contributed by atoms with Crippen molar-refractivity contribution in [2.75, 3.05) is 0 Å². The fraction of sp³-hybridized carbons (Fsp3) is 0.500. The van der Waals surface area contributed by atoms with Gasteiger partial charge in [-0.15, -0.1) is 11.8 Å². The average Bonchev–Trinajstić information content (AvgIpc) is 1.97. The summed E-state index contributed by atoms with van der Waals surface area (Å²) >= 11 is 7.49. The normalized spacial score (nSPS) is 17.4. The zero-order valence-electron chi connectivity index (χ0n) is 6.53. The largest absolute Gasteiger partial charge is 0.259 e. The van der Waals surface area contributed by atoms with Gasteiger partial charge >= 0.3 is 0 Å². The second-order valence-corrected chi connectivity index (χ2v) is 4.56. The topological polar surface area (TPSA) is 25.8 Å². The van der Waals surface area contributed by atoms with E-state index in [1.165, 1.54) is 19.3 Å². The Bertz CT molecular complexity index is 276. The van der Waals surface area contributed by atoms with Crippen LogP contribution < -0.4 is 0 Å². The number of hydrogen-bond donors (Lipinski definition) is 0. The zero-order chi connectivity index (χ0) is 8.39. The van der Waals surface area contributed by atoms with Crippen LogP contribution in [0.1, 0.15) is 19.3 Å². The van der Waals surface area contributed by atoms with E-state index in [1.54, 1.807) is 24.2 Å². The van der Waals surface area contributed by atoms with Gasteiger partial charge in [0.05, 0.1) is 12.4 Å². The lowest BCUT2D eigenvalue weighted by molar-refractivity contribution is 0.521. The van der Waals surface area contributed by atoms with Gasteiger partial charge in [0, 0.05) is 5.25 Å². The first-order valence-corrected chi connectivity index (χ1v) is 5.24. The third-order valence-corrected chi connectivity index (χ3v) is 3.35. The molecule has 0 atom stereocenters. The summed E-state index contributed by atoms with van der Waals surface area (Å²) in [5.74, 6) is 0. The maximum Gasteiger partial charge on any atom is 0.148 e. The molecule has 12 heavy (non-hydrogen) atoms. The first-order valence-electron chi connectivity index (χ1n) is 3.99. The van der Waals surface area contributed by atoms with Crippen molar-refractivity contribution in [3.05, 3.63) is 17.5 Å². The van der Waals surface area contributed by atoms with Gasteiger partial charge in [-0.2, -0.15) is 0 Å². The lowest BCUT2D eigenvalue weighted by Gasteiger charge is -2.23. The number of thioether (sulfide) groups is 1. The molecule has 0 aromatic carbocycles. The molecular formula is C8H9ClN2S. The fourth-order valence-electron chi connectivity index (χ4n) is 1.04. The van der Waals surface area contributed by atoms with E-state index in [9.17, 15) is 0 Å². The predicted molar refractivity (Wildman–Crippen MR) is 50.5 cm³/mol. The van der Waals surface area contributed by atoms with E-state index in [0.29, 0.717) is 5.15 Å². The molecule has 1 saturated carbocycles. The summed E-state index contributed by atoms with van der Waals surface area (Å²) in [7, 11) is 0. The second kappa shape index (κ2) is 3.62. The molecule has 0 spiro atoms. The van der Waals surface area contributed by atoms with Gasteiger partial charge in [-0.1, -0.05) is 18.0 Å². The highest BCUT2D eigenvalue weighted by molar-refractivity contribution is 7.99. The standard InChI is InChI=1S/C8H9ClN2S/c9-7-4-10-5-8(11-7)12-6-2-1-3-6/h4-6H,1-3H2. The summed E-state index contributed by atoms with van der Waals surface area (Å²) in [6.07, 6.45) is 7.30. The van der Waals surface area contributed by atoms with Crippen LogP contribution in [0, 0.1) is 0 Å². The van der Waals surface area contributed by atoms with Gasteiger partial charge in [0.2, 0.25) is 0 Å². The molecule has 0 unspecified atom stereocenters. The van der Waals surface area contributed by atoms with E-state index >= 15 is 0 Å². The predicted octanol–water partition coefficient (Wildman–Crippen LogP) is 2.77. The molecule has 1 aliphatic carbocycles. The average molecular weight is 201 g/mol. The van der Waals surface area contributed by atoms with E-state index in [4.69, 9.17) is 11.6 Å². The van der Waals surface area contributed by atoms with Crippen molar-refractivity contribution >= 4 is 23.4 Å². The van der Waals surface area contributed by atoms with Crippen molar-refractivity contribution in [3.63, 3.8) is 0 Å². The molecule has 1 aromatic heterocycles. The Morgan fingerprint density at radius 2 is 2.25 bits per heavy atom. The summed E-state index contributed by atoms with van der Waals surface area (Å²) in [5.41, 5.74) is 0. The molecular weight excluding hydrogens is 192 g/mol. The number of halogens is 1. The maximum absolute atomic E-state index is 5.70. The number of hydrogen-bond acceptors (Lipinski definition) is 3. The Morgan fingerprint density at radius 3 is 2.83 bits per heavy atom. The molecule has 0 amide bonds. The Hall–Kier alpha value is -0.280. The number of aromatic nitrogens is 2. The molecule has 0 N–H and O–H groups in total. The Labute approximate surface area is 80.8 Å². The van der Waals surface area contributed by atoms with Crippen LogP contribution in [0.25, 0.3) is 0 Å². The summed E-state index contributed by atoms with van der Waals surface area (Å²) in [4.78, 5) is 8.14. The highest BCUT2D eigenvalue weighted by Crippen LogP contribution is 2.35. The van der Waals surface area contributed by atoms with Crippen molar-refractivity contribution in [2.45, 2.75) is 29.5 Å². The molecule has 0 aliphatic heterocycles. The van der Waals surface area contributed by atoms with Crippen LogP contribution in [-0.4, -0.2) is 15.2 Å². The molecule has 1 fully saturated rings. The summed E-state index contributed by atoms with van der Waals surface area (Å²) in [5, 5.41) is 2.18. The minimum Gasteiger partial charge on any atom is -0.259 e. The Kier molecular flexibility index (Phi) is 2.51. The van der Waals surface area contributed by atoms with Crippen LogP contribution in [0.3, 0.4) is 0 Å². The van der Waals surface area contributed by atoms with E-state index in [1.807, 2.05) is 0 Å². The van der Waals surface area contributed by atoms with Crippen molar-refractivity contribution in [3.8, 4) is 0 Å². The van der Waals surface area contributed by atoms with Crippen LogP contribution in [0.15, 0.2) is 17.4 Å². The fourth-order valence-corrected chi connectivity index (χ4v) is 2.42. The number of nitrogens with zero attached hydrogens (tertiary/aromatic N) is 2. The SMILES string of the molecule is Clc1cncc(SC2CCC2)n1. The second-order valence-electron chi connectivity index (χ2n) is 2.85. The zero-order valence-corrected chi connectivity index (χ0v) is 8.11. The summed E-state index contributed by atoms with van der Waals surface area (Å²) < 4.78 is 0. The monoisotopic (exact) mass is 200 g/mol. The third-order valence-electron chi connectivity index (χ3n) is 1.92. The summed E-state index contributed by atoms with van der Waals surface area (Å²) in [6.45, 7) is 0. The van der Waals surface area contributed by atoms with Crippen molar-refractivity contribution < 1.29 is 0 Å². The van der Waals surface area contributed by atoms with Crippen molar-refractivity contribution in [1.82, 2.24) is 9.97 Å². The maximum atomic E-state index is 5.70. The molecule has 1 aromatic rings. The van der Waals surface area contributed by atoms with Crippen LogP contribution in [0.5, 0.6) is 0 Å². The molecule has 1 aliphatic rings. The van der Waals surface area contributed by atoms with E-state index in [0.717, 1.165) is 10.3 Å². The van der Waals surface area contributed by atoms with Crippen LogP contribution >= 0.6 is 23.4 Å². The van der Waals surface area contributed by atoms with Crippen LogP contribution in [-0.2, 0) is 0 Å². The molecule has 0 bridgehead atoms. The van der Waals surface area contributed by atoms with Crippen molar-refractivity contribution in [1.29, 1.82) is 0 Å². The Morgan fingerprint density at radius 1 is 1.42 bits per heavy atom. The van der Waals surface area contributed by atoms with Crippen molar-refractivity contribution in [2.24, 2.45) is 0 Å². The quantitative estimate of drug-likeness (QED) is 0.734. The lowest BCUT2D eigenvalue weighted by Crippen LogP contribution is -2.12. The van der Waals surface area contributed by atoms with Crippen LogP contribution in [0.4, 0.5) is 0 Å². The number of rotatable bonds is 2. The van der Waals surface area contributed by atoms with Gasteiger partial charge in [0.15, 0.2) is 0 Å². The molecule has 2 nitrogen and oxygen atoms in total. The first-order chi connectivity index (χ1) is 5.84. The van der Waals surface area contributed by atoms with E-state index in [2.05, 4.69) is 9.97 Å². The smallest absolute Gasteiger partial charge is 0.148 e. The molecule has 0 saturated heterocycles. The minimum absolute atomic E-state index is 0.485. The highest BCUT2D eigenvalue weighted by atomic mass is 35.5. The molecule has 64 valence electrons. The third kappa shape index (κ3) is 1.90. The van der Waals surface area contributed by atoms with Gasteiger partial charge in [0.1, 0.15) is 10.2 Å². The summed E-state index contributed by atoms with van der Waals surface area (Å²) in [6, 6.07) is 0. The molecule has 0 radical (unpaired) electrons. The van der Waals surface area contributed by atoms with Crippen LogP contribution in [0.2, 0.25) is 5.15 Å². The van der Waals surface area contributed by atoms with Gasteiger partial charge < -0.3 is 0 Å². The first kappa shape index (κ1) is 8.32. The molecule has 1 heterocycles.